The molecule has 4 atom stereocenters. The lowest BCUT2D eigenvalue weighted by Crippen LogP contribution is -2.50. The molecule has 0 aromatic rings. The van der Waals surface area contributed by atoms with Crippen molar-refractivity contribution in [3.63, 3.8) is 0 Å². The molecule has 31 heavy (non-hydrogen) atoms. The molecule has 1 rings (SSSR count). The van der Waals surface area contributed by atoms with Crippen LogP contribution in [0.5, 0.6) is 0 Å². The Morgan fingerprint density at radius 3 is 2.35 bits per heavy atom. The van der Waals surface area contributed by atoms with E-state index < -0.39 is 31.2 Å². The van der Waals surface area contributed by atoms with E-state index in [2.05, 4.69) is 15.4 Å². The molecule has 1 aliphatic heterocycles. The Morgan fingerprint density at radius 2 is 1.74 bits per heavy atom. The number of rotatable bonds is 14. The quantitative estimate of drug-likeness (QED) is 0.125. The molecule has 0 spiro atoms. The molecule has 0 aromatic heterocycles. The Morgan fingerprint density at radius 1 is 1.06 bits per heavy atom. The van der Waals surface area contributed by atoms with E-state index in [1.165, 1.54) is 6.92 Å². The zero-order valence-corrected chi connectivity index (χ0v) is 18.3. The Hall–Kier alpha value is -1.38. The van der Waals surface area contributed by atoms with E-state index in [1.807, 2.05) is 0 Å². The van der Waals surface area contributed by atoms with Crippen LogP contribution in [0, 0.1) is 0 Å². The van der Waals surface area contributed by atoms with Crippen LogP contribution in [-0.4, -0.2) is 110 Å². The molecular weight excluding hydrogens is 416 g/mol. The predicted molar refractivity (Wildman–Crippen MR) is 109 cm³/mol. The Balaban J connectivity index is 0.00000161. The van der Waals surface area contributed by atoms with Crippen LogP contribution in [0.4, 0.5) is 0 Å². The predicted octanol–water partition coefficient (Wildman–Crippen LogP) is -2.15. The number of hydrogen-bond donors (Lipinski definition) is 6. The monoisotopic (exact) mass is 454 g/mol. The molecule has 0 aliphatic carbocycles. The smallest absolute Gasteiger partial charge is 0.220 e. The van der Waals surface area contributed by atoms with Crippen LogP contribution in [0.25, 0.3) is 0 Å². The number of ether oxygens (including phenoxy) is 4. The zero-order valence-electron chi connectivity index (χ0n) is 18.3. The highest BCUT2D eigenvalue weighted by atomic mass is 16.7. The Kier molecular flexibility index (Phi) is 18.5. The lowest BCUT2D eigenvalue weighted by atomic mass is 10.0. The van der Waals surface area contributed by atoms with Crippen LogP contribution in [0.3, 0.4) is 0 Å². The SMILES string of the molecule is CNC(C)=O.O=C(CCCCOC1CC(O)C(O)C(CO)O1)NCCOCCOCO. The third kappa shape index (κ3) is 16.0. The van der Waals surface area contributed by atoms with Crippen LogP contribution in [0.2, 0.25) is 0 Å². The van der Waals surface area contributed by atoms with Crippen LogP contribution in [0.1, 0.15) is 32.6 Å². The van der Waals surface area contributed by atoms with Crippen molar-refractivity contribution in [2.45, 2.75) is 57.2 Å². The van der Waals surface area contributed by atoms with Gasteiger partial charge in [-0.2, -0.15) is 0 Å². The average molecular weight is 455 g/mol. The van der Waals surface area contributed by atoms with Crippen molar-refractivity contribution in [2.24, 2.45) is 0 Å². The van der Waals surface area contributed by atoms with Crippen LogP contribution >= 0.6 is 0 Å². The zero-order chi connectivity index (χ0) is 23.5. The number of unbranched alkanes of at least 4 members (excludes halogenated alkanes) is 1. The van der Waals surface area contributed by atoms with E-state index in [4.69, 9.17) is 24.4 Å². The number of aliphatic hydroxyl groups is 4. The lowest BCUT2D eigenvalue weighted by molar-refractivity contribution is -0.256. The molecule has 12 nitrogen and oxygen atoms in total. The minimum Gasteiger partial charge on any atom is -0.394 e. The summed E-state index contributed by atoms with van der Waals surface area (Å²) in [5.74, 6) is -0.0713. The molecule has 6 N–H and O–H groups in total. The van der Waals surface area contributed by atoms with Crippen molar-refractivity contribution >= 4 is 11.8 Å². The summed E-state index contributed by atoms with van der Waals surface area (Å²) in [5, 5.41) is 41.9. The van der Waals surface area contributed by atoms with E-state index in [0.29, 0.717) is 52.2 Å². The van der Waals surface area contributed by atoms with Crippen molar-refractivity contribution in [3.05, 3.63) is 0 Å². The molecule has 0 aromatic carbocycles. The van der Waals surface area contributed by atoms with Gasteiger partial charge in [0.05, 0.1) is 32.5 Å². The first-order chi connectivity index (χ1) is 14.8. The molecule has 184 valence electrons. The number of nitrogens with one attached hydrogen (secondary N) is 2. The number of hydrogen-bond acceptors (Lipinski definition) is 10. The van der Waals surface area contributed by atoms with Gasteiger partial charge in [-0.25, -0.2) is 0 Å². The first-order valence-corrected chi connectivity index (χ1v) is 10.3. The highest BCUT2D eigenvalue weighted by molar-refractivity contribution is 5.75. The van der Waals surface area contributed by atoms with Gasteiger partial charge < -0.3 is 50.0 Å². The minimum absolute atomic E-state index is 0.00463. The maximum absolute atomic E-state index is 11.6. The molecule has 4 unspecified atom stereocenters. The van der Waals surface area contributed by atoms with Gasteiger partial charge in [-0.15, -0.1) is 0 Å². The maximum atomic E-state index is 11.6. The molecular formula is C19H38N2O10. The summed E-state index contributed by atoms with van der Waals surface area (Å²) in [6, 6.07) is 0. The summed E-state index contributed by atoms with van der Waals surface area (Å²) in [5.41, 5.74) is 0. The van der Waals surface area contributed by atoms with Crippen molar-refractivity contribution in [3.8, 4) is 0 Å². The first kappa shape index (κ1) is 29.6. The average Bonchev–Trinajstić information content (AvgIpc) is 2.75. The molecule has 2 amide bonds. The van der Waals surface area contributed by atoms with E-state index in [0.717, 1.165) is 0 Å². The standard InChI is InChI=1S/C16H31NO9.C3H7NO/c18-10-13-16(22)12(20)9-15(26-13)25-5-2-1-3-14(21)17-4-6-23-7-8-24-11-19;1-3(5)4-2/h12-13,15-16,18-20,22H,1-11H2,(H,17,21);1-2H3,(H,4,5). The van der Waals surface area contributed by atoms with Gasteiger partial charge in [0.15, 0.2) is 6.29 Å². The third-order valence-electron chi connectivity index (χ3n) is 4.20. The summed E-state index contributed by atoms with van der Waals surface area (Å²) in [6.45, 7) is 2.56. The van der Waals surface area contributed by atoms with Gasteiger partial charge in [-0.1, -0.05) is 0 Å². The lowest BCUT2D eigenvalue weighted by Gasteiger charge is -2.36. The van der Waals surface area contributed by atoms with Gasteiger partial charge in [0.25, 0.3) is 0 Å². The highest BCUT2D eigenvalue weighted by Gasteiger charge is 2.36. The number of carbonyl (C=O) groups excluding carboxylic acids is 2. The third-order valence-corrected chi connectivity index (χ3v) is 4.20. The fourth-order valence-electron chi connectivity index (χ4n) is 2.41. The summed E-state index contributed by atoms with van der Waals surface area (Å²) in [4.78, 5) is 21.3. The van der Waals surface area contributed by atoms with Crippen LogP contribution < -0.4 is 10.6 Å². The Labute approximate surface area is 182 Å². The summed E-state index contributed by atoms with van der Waals surface area (Å²) >= 11 is 0. The van der Waals surface area contributed by atoms with E-state index in [9.17, 15) is 19.8 Å². The topological polar surface area (TPSA) is 176 Å². The molecule has 1 fully saturated rings. The van der Waals surface area contributed by atoms with E-state index >= 15 is 0 Å². The number of aliphatic hydroxyl groups excluding tert-OH is 4. The fraction of sp³-hybridized carbons (Fsp3) is 0.895. The van der Waals surface area contributed by atoms with E-state index in [-0.39, 0.29) is 25.0 Å². The molecule has 0 radical (unpaired) electrons. The van der Waals surface area contributed by atoms with Crippen molar-refractivity contribution in [2.75, 3.05) is 53.4 Å². The van der Waals surface area contributed by atoms with Crippen LogP contribution in [0.15, 0.2) is 0 Å². The van der Waals surface area contributed by atoms with E-state index in [1.54, 1.807) is 7.05 Å². The van der Waals surface area contributed by atoms with Gasteiger partial charge in [0.1, 0.15) is 19.0 Å². The molecule has 1 heterocycles. The molecule has 0 saturated carbocycles. The number of amides is 2. The summed E-state index contributed by atoms with van der Waals surface area (Å²) in [7, 11) is 1.60. The molecule has 1 saturated heterocycles. The van der Waals surface area contributed by atoms with Gasteiger partial charge in [0.2, 0.25) is 11.8 Å². The molecule has 0 bridgehead atoms. The molecule has 12 heteroatoms. The first-order valence-electron chi connectivity index (χ1n) is 10.3. The fourth-order valence-corrected chi connectivity index (χ4v) is 2.41. The second-order valence-corrected chi connectivity index (χ2v) is 6.71. The van der Waals surface area contributed by atoms with Crippen molar-refractivity contribution < 1.29 is 49.0 Å². The van der Waals surface area contributed by atoms with Crippen molar-refractivity contribution in [1.82, 2.24) is 10.6 Å². The van der Waals surface area contributed by atoms with Gasteiger partial charge in [0, 0.05) is 40.0 Å². The minimum atomic E-state index is -1.12. The molecule has 1 aliphatic rings. The van der Waals surface area contributed by atoms with Crippen LogP contribution in [-0.2, 0) is 28.5 Å². The largest absolute Gasteiger partial charge is 0.394 e. The van der Waals surface area contributed by atoms with Gasteiger partial charge in [-0.05, 0) is 12.8 Å². The van der Waals surface area contributed by atoms with Gasteiger partial charge >= 0.3 is 0 Å². The normalized spacial score (nSPS) is 22.9. The highest BCUT2D eigenvalue weighted by Crippen LogP contribution is 2.21. The second-order valence-electron chi connectivity index (χ2n) is 6.71. The van der Waals surface area contributed by atoms with Crippen molar-refractivity contribution in [1.29, 1.82) is 0 Å². The summed E-state index contributed by atoms with van der Waals surface area (Å²) in [6.07, 6.45) is -1.85. The second kappa shape index (κ2) is 19.3. The maximum Gasteiger partial charge on any atom is 0.220 e. The van der Waals surface area contributed by atoms with Gasteiger partial charge in [-0.3, -0.25) is 9.59 Å². The summed E-state index contributed by atoms with van der Waals surface area (Å²) < 4.78 is 20.7. The number of carbonyl (C=O) groups is 2. The Bertz CT molecular complexity index is 469.